The van der Waals surface area contributed by atoms with E-state index in [9.17, 15) is 0 Å². The molecule has 0 aromatic rings. The summed E-state index contributed by atoms with van der Waals surface area (Å²) in [5.41, 5.74) is 6.21. The monoisotopic (exact) mass is 260 g/mol. The molecule has 4 heteroatoms. The van der Waals surface area contributed by atoms with E-state index in [0.717, 1.165) is 52.5 Å². The average Bonchev–Trinajstić information content (AvgIpc) is 2.37. The Morgan fingerprint density at radius 3 is 1.89 bits per heavy atom. The highest BCUT2D eigenvalue weighted by Crippen LogP contribution is 2.07. The molecular formula is C14H32N2O2. The van der Waals surface area contributed by atoms with E-state index in [4.69, 9.17) is 15.2 Å². The minimum Gasteiger partial charge on any atom is -0.380 e. The zero-order valence-electron chi connectivity index (χ0n) is 12.7. The first-order valence-electron chi connectivity index (χ1n) is 7.29. The molecule has 0 saturated heterocycles. The highest BCUT2D eigenvalue weighted by molar-refractivity contribution is 4.73. The quantitative estimate of drug-likeness (QED) is 0.543. The SMILES string of the molecule is CCOCCN(CCOCC)CC(N)C(C)CC. The Balaban J connectivity index is 4.01. The first-order valence-corrected chi connectivity index (χ1v) is 7.29. The Labute approximate surface area is 113 Å². The third kappa shape index (κ3) is 8.86. The second kappa shape index (κ2) is 11.9. The van der Waals surface area contributed by atoms with Gasteiger partial charge in [-0.1, -0.05) is 20.3 Å². The van der Waals surface area contributed by atoms with Crippen molar-refractivity contribution in [2.24, 2.45) is 11.7 Å². The van der Waals surface area contributed by atoms with Gasteiger partial charge in [-0.2, -0.15) is 0 Å². The van der Waals surface area contributed by atoms with E-state index in [-0.39, 0.29) is 6.04 Å². The third-order valence-corrected chi connectivity index (χ3v) is 3.36. The molecule has 0 fully saturated rings. The summed E-state index contributed by atoms with van der Waals surface area (Å²) in [6.45, 7) is 14.3. The fraction of sp³-hybridized carbons (Fsp3) is 1.00. The molecule has 0 amide bonds. The first-order chi connectivity index (χ1) is 8.65. The van der Waals surface area contributed by atoms with E-state index in [1.807, 2.05) is 13.8 Å². The maximum absolute atomic E-state index is 6.21. The van der Waals surface area contributed by atoms with E-state index in [1.165, 1.54) is 0 Å². The van der Waals surface area contributed by atoms with Gasteiger partial charge in [-0.05, 0) is 19.8 Å². The van der Waals surface area contributed by atoms with Crippen LogP contribution in [0.25, 0.3) is 0 Å². The molecule has 0 aromatic carbocycles. The lowest BCUT2D eigenvalue weighted by Crippen LogP contribution is -2.43. The number of nitrogens with zero attached hydrogens (tertiary/aromatic N) is 1. The molecule has 110 valence electrons. The zero-order chi connectivity index (χ0) is 13.8. The van der Waals surface area contributed by atoms with Crippen LogP contribution in [-0.4, -0.2) is 57.0 Å². The van der Waals surface area contributed by atoms with Gasteiger partial charge in [0, 0.05) is 38.9 Å². The molecule has 0 aromatic heterocycles. The molecule has 4 nitrogen and oxygen atoms in total. The first kappa shape index (κ1) is 17.8. The lowest BCUT2D eigenvalue weighted by atomic mass is 10.00. The molecule has 0 heterocycles. The lowest BCUT2D eigenvalue weighted by Gasteiger charge is -2.28. The molecule has 0 aliphatic heterocycles. The molecular weight excluding hydrogens is 228 g/mol. The maximum atomic E-state index is 6.21. The molecule has 2 atom stereocenters. The van der Waals surface area contributed by atoms with Crippen LogP contribution in [0.3, 0.4) is 0 Å². The molecule has 0 rings (SSSR count). The van der Waals surface area contributed by atoms with Gasteiger partial charge in [0.05, 0.1) is 13.2 Å². The van der Waals surface area contributed by atoms with Crippen molar-refractivity contribution in [3.05, 3.63) is 0 Å². The normalized spacial score (nSPS) is 15.0. The van der Waals surface area contributed by atoms with Crippen molar-refractivity contribution in [3.63, 3.8) is 0 Å². The molecule has 0 radical (unpaired) electrons. The van der Waals surface area contributed by atoms with Gasteiger partial charge < -0.3 is 15.2 Å². The number of hydrogen-bond donors (Lipinski definition) is 1. The van der Waals surface area contributed by atoms with Crippen LogP contribution in [0.2, 0.25) is 0 Å². The molecule has 0 bridgehead atoms. The van der Waals surface area contributed by atoms with Crippen molar-refractivity contribution >= 4 is 0 Å². The fourth-order valence-electron chi connectivity index (χ4n) is 1.75. The average molecular weight is 260 g/mol. The second-order valence-electron chi connectivity index (χ2n) is 4.74. The Morgan fingerprint density at radius 1 is 1.00 bits per heavy atom. The zero-order valence-corrected chi connectivity index (χ0v) is 12.7. The summed E-state index contributed by atoms with van der Waals surface area (Å²) >= 11 is 0. The van der Waals surface area contributed by atoms with Crippen molar-refractivity contribution in [1.29, 1.82) is 0 Å². The Hall–Kier alpha value is -0.160. The summed E-state index contributed by atoms with van der Waals surface area (Å²) in [4.78, 5) is 2.35. The summed E-state index contributed by atoms with van der Waals surface area (Å²) in [6, 6.07) is 0.234. The van der Waals surface area contributed by atoms with Gasteiger partial charge in [0.25, 0.3) is 0 Å². The van der Waals surface area contributed by atoms with E-state index in [0.29, 0.717) is 5.92 Å². The number of hydrogen-bond acceptors (Lipinski definition) is 4. The molecule has 2 unspecified atom stereocenters. The smallest absolute Gasteiger partial charge is 0.0593 e. The highest BCUT2D eigenvalue weighted by atomic mass is 16.5. The summed E-state index contributed by atoms with van der Waals surface area (Å²) in [6.07, 6.45) is 1.13. The number of ether oxygens (including phenoxy) is 2. The molecule has 0 aliphatic carbocycles. The van der Waals surface area contributed by atoms with Crippen LogP contribution in [0.15, 0.2) is 0 Å². The van der Waals surface area contributed by atoms with Gasteiger partial charge in [0.15, 0.2) is 0 Å². The van der Waals surface area contributed by atoms with Gasteiger partial charge in [-0.15, -0.1) is 0 Å². The summed E-state index contributed by atoms with van der Waals surface area (Å²) in [5.74, 6) is 0.562. The highest BCUT2D eigenvalue weighted by Gasteiger charge is 2.15. The molecule has 2 N–H and O–H groups in total. The van der Waals surface area contributed by atoms with Crippen molar-refractivity contribution in [2.75, 3.05) is 46.1 Å². The molecule has 0 saturated carbocycles. The maximum Gasteiger partial charge on any atom is 0.0593 e. The molecule has 18 heavy (non-hydrogen) atoms. The van der Waals surface area contributed by atoms with E-state index in [2.05, 4.69) is 18.7 Å². The Bertz CT molecular complexity index is 169. The number of rotatable bonds is 12. The lowest BCUT2D eigenvalue weighted by molar-refractivity contribution is 0.0775. The van der Waals surface area contributed by atoms with Crippen LogP contribution < -0.4 is 5.73 Å². The van der Waals surface area contributed by atoms with Gasteiger partial charge in [0.1, 0.15) is 0 Å². The summed E-state index contributed by atoms with van der Waals surface area (Å²) in [5, 5.41) is 0. The van der Waals surface area contributed by atoms with Gasteiger partial charge in [0.2, 0.25) is 0 Å². The standard InChI is InChI=1S/C14H32N2O2/c1-5-13(4)14(15)12-16(8-10-17-6-2)9-11-18-7-3/h13-14H,5-12,15H2,1-4H3. The Kier molecular flexibility index (Phi) is 11.8. The van der Waals surface area contributed by atoms with E-state index in [1.54, 1.807) is 0 Å². The van der Waals surface area contributed by atoms with Crippen LogP contribution in [0.4, 0.5) is 0 Å². The fourth-order valence-corrected chi connectivity index (χ4v) is 1.75. The Morgan fingerprint density at radius 2 is 1.50 bits per heavy atom. The van der Waals surface area contributed by atoms with Gasteiger partial charge in [-0.3, -0.25) is 4.90 Å². The minimum atomic E-state index is 0.234. The van der Waals surface area contributed by atoms with Crippen molar-refractivity contribution in [1.82, 2.24) is 4.90 Å². The largest absolute Gasteiger partial charge is 0.380 e. The predicted molar refractivity (Wildman–Crippen MR) is 76.9 cm³/mol. The van der Waals surface area contributed by atoms with Crippen LogP contribution >= 0.6 is 0 Å². The van der Waals surface area contributed by atoms with Crippen LogP contribution in [-0.2, 0) is 9.47 Å². The van der Waals surface area contributed by atoms with Crippen LogP contribution in [0, 0.1) is 5.92 Å². The van der Waals surface area contributed by atoms with Crippen molar-refractivity contribution in [2.45, 2.75) is 40.2 Å². The van der Waals surface area contributed by atoms with Crippen LogP contribution in [0.5, 0.6) is 0 Å². The summed E-state index contributed by atoms with van der Waals surface area (Å²) < 4.78 is 10.8. The molecule has 0 aliphatic rings. The van der Waals surface area contributed by atoms with E-state index < -0.39 is 0 Å². The van der Waals surface area contributed by atoms with Crippen molar-refractivity contribution < 1.29 is 9.47 Å². The number of nitrogens with two attached hydrogens (primary N) is 1. The second-order valence-corrected chi connectivity index (χ2v) is 4.74. The van der Waals surface area contributed by atoms with E-state index >= 15 is 0 Å². The predicted octanol–water partition coefficient (Wildman–Crippen LogP) is 1.73. The van der Waals surface area contributed by atoms with Gasteiger partial charge >= 0.3 is 0 Å². The van der Waals surface area contributed by atoms with Crippen molar-refractivity contribution in [3.8, 4) is 0 Å². The topological polar surface area (TPSA) is 47.7 Å². The minimum absolute atomic E-state index is 0.234. The van der Waals surface area contributed by atoms with Gasteiger partial charge in [-0.25, -0.2) is 0 Å². The third-order valence-electron chi connectivity index (χ3n) is 3.36. The molecule has 0 spiro atoms. The summed E-state index contributed by atoms with van der Waals surface area (Å²) in [7, 11) is 0. The van der Waals surface area contributed by atoms with Crippen LogP contribution in [0.1, 0.15) is 34.1 Å².